The molecule has 2 heterocycles. The zero-order valence-electron chi connectivity index (χ0n) is 15.4. The summed E-state index contributed by atoms with van der Waals surface area (Å²) in [5, 5.41) is 7.77. The Hall–Kier alpha value is -1.32. The number of fused-ring (bicyclic) bond motifs is 1. The molecule has 7 heteroatoms. The van der Waals surface area contributed by atoms with Gasteiger partial charge < -0.3 is 24.5 Å². The summed E-state index contributed by atoms with van der Waals surface area (Å²) in [5.74, 6) is 1.71. The summed E-state index contributed by atoms with van der Waals surface area (Å²) in [6.07, 6.45) is 2.21. The summed E-state index contributed by atoms with van der Waals surface area (Å²) >= 11 is 0. The van der Waals surface area contributed by atoms with Crippen LogP contribution in [0.3, 0.4) is 0 Å². The largest absolute Gasteiger partial charge is 0.459 e. The number of ether oxygens (including phenoxy) is 2. The fourth-order valence-electron chi connectivity index (χ4n) is 2.95. The molecule has 0 amide bonds. The third-order valence-corrected chi connectivity index (χ3v) is 4.44. The Morgan fingerprint density at radius 1 is 1.31 bits per heavy atom. The Bertz CT molecular complexity index is 711. The van der Waals surface area contributed by atoms with Crippen molar-refractivity contribution >= 4 is 40.9 Å². The fourth-order valence-corrected chi connectivity index (χ4v) is 2.95. The van der Waals surface area contributed by atoms with Gasteiger partial charge >= 0.3 is 0 Å². The highest BCUT2D eigenvalue weighted by molar-refractivity contribution is 14.0. The van der Waals surface area contributed by atoms with E-state index in [1.165, 1.54) is 5.56 Å². The lowest BCUT2D eigenvalue weighted by Gasteiger charge is -2.12. The van der Waals surface area contributed by atoms with Crippen molar-refractivity contribution < 1.29 is 13.9 Å². The van der Waals surface area contributed by atoms with Crippen LogP contribution in [0.4, 0.5) is 0 Å². The zero-order chi connectivity index (χ0) is 17.5. The van der Waals surface area contributed by atoms with Gasteiger partial charge in [0.1, 0.15) is 11.3 Å². The number of para-hydroxylation sites is 1. The average Bonchev–Trinajstić information content (AvgIpc) is 3.26. The van der Waals surface area contributed by atoms with E-state index in [2.05, 4.69) is 28.6 Å². The summed E-state index contributed by atoms with van der Waals surface area (Å²) in [4.78, 5) is 4.25. The molecule has 1 aliphatic rings. The molecule has 1 aliphatic heterocycles. The molecule has 2 aromatic rings. The smallest absolute Gasteiger partial charge is 0.191 e. The summed E-state index contributed by atoms with van der Waals surface area (Å²) < 4.78 is 17.0. The molecule has 144 valence electrons. The van der Waals surface area contributed by atoms with Crippen molar-refractivity contribution in [2.45, 2.75) is 32.4 Å². The van der Waals surface area contributed by atoms with Gasteiger partial charge in [-0.25, -0.2) is 0 Å². The van der Waals surface area contributed by atoms with Crippen molar-refractivity contribution in [3.05, 3.63) is 35.6 Å². The Morgan fingerprint density at radius 2 is 2.15 bits per heavy atom. The van der Waals surface area contributed by atoms with Crippen molar-refractivity contribution in [1.82, 2.24) is 10.6 Å². The molecule has 1 fully saturated rings. The minimum absolute atomic E-state index is 0. The highest BCUT2D eigenvalue weighted by atomic mass is 127. The van der Waals surface area contributed by atoms with Gasteiger partial charge in [-0.3, -0.25) is 4.99 Å². The van der Waals surface area contributed by atoms with Gasteiger partial charge in [-0.2, -0.15) is 0 Å². The van der Waals surface area contributed by atoms with E-state index in [0.29, 0.717) is 6.54 Å². The van der Waals surface area contributed by atoms with Gasteiger partial charge in [-0.1, -0.05) is 18.2 Å². The normalized spacial score (nSPS) is 17.3. The predicted octanol–water partition coefficient (Wildman–Crippen LogP) is 3.22. The maximum atomic E-state index is 5.92. The van der Waals surface area contributed by atoms with Crippen molar-refractivity contribution in [2.24, 2.45) is 4.99 Å². The first kappa shape index (κ1) is 21.0. The number of rotatable bonds is 7. The van der Waals surface area contributed by atoms with Crippen LogP contribution in [0, 0.1) is 6.92 Å². The SMILES string of the molecule is CN=C(NCCCOC1CCOC1)NCc1oc2ccccc2c1C.I. The number of hydrogen-bond donors (Lipinski definition) is 2. The van der Waals surface area contributed by atoms with Crippen LogP contribution in [0.25, 0.3) is 11.0 Å². The second-order valence-corrected chi connectivity index (χ2v) is 6.21. The molecule has 1 aromatic heterocycles. The van der Waals surface area contributed by atoms with E-state index >= 15 is 0 Å². The minimum Gasteiger partial charge on any atom is -0.459 e. The van der Waals surface area contributed by atoms with Crippen molar-refractivity contribution in [1.29, 1.82) is 0 Å². The van der Waals surface area contributed by atoms with Gasteiger partial charge in [0.2, 0.25) is 0 Å². The number of guanidine groups is 1. The molecule has 1 aromatic carbocycles. The van der Waals surface area contributed by atoms with Crippen LogP contribution in [0.15, 0.2) is 33.7 Å². The number of aliphatic imine (C=N–C) groups is 1. The van der Waals surface area contributed by atoms with Gasteiger partial charge in [0, 0.05) is 37.8 Å². The highest BCUT2D eigenvalue weighted by Crippen LogP contribution is 2.24. The molecule has 0 saturated carbocycles. The molecule has 0 aliphatic carbocycles. The van der Waals surface area contributed by atoms with Crippen LogP contribution in [0.2, 0.25) is 0 Å². The molecule has 2 N–H and O–H groups in total. The topological polar surface area (TPSA) is 68.0 Å². The zero-order valence-corrected chi connectivity index (χ0v) is 17.7. The molecule has 1 atom stereocenters. The van der Waals surface area contributed by atoms with E-state index in [1.807, 2.05) is 18.2 Å². The van der Waals surface area contributed by atoms with Crippen LogP contribution in [0.1, 0.15) is 24.2 Å². The summed E-state index contributed by atoms with van der Waals surface area (Å²) in [5.41, 5.74) is 2.10. The molecule has 0 radical (unpaired) electrons. The van der Waals surface area contributed by atoms with Crippen LogP contribution in [-0.2, 0) is 16.0 Å². The lowest BCUT2D eigenvalue weighted by atomic mass is 10.1. The van der Waals surface area contributed by atoms with Crippen LogP contribution in [0.5, 0.6) is 0 Å². The second kappa shape index (κ2) is 10.7. The second-order valence-electron chi connectivity index (χ2n) is 6.21. The van der Waals surface area contributed by atoms with E-state index in [1.54, 1.807) is 7.05 Å². The molecule has 26 heavy (non-hydrogen) atoms. The third-order valence-electron chi connectivity index (χ3n) is 4.44. The number of hydrogen-bond acceptors (Lipinski definition) is 4. The molecule has 1 unspecified atom stereocenters. The van der Waals surface area contributed by atoms with E-state index < -0.39 is 0 Å². The number of nitrogens with zero attached hydrogens (tertiary/aromatic N) is 1. The van der Waals surface area contributed by atoms with E-state index in [0.717, 1.165) is 61.9 Å². The Morgan fingerprint density at radius 3 is 2.88 bits per heavy atom. The van der Waals surface area contributed by atoms with Crippen LogP contribution >= 0.6 is 24.0 Å². The fraction of sp³-hybridized carbons (Fsp3) is 0.526. The lowest BCUT2D eigenvalue weighted by molar-refractivity contribution is 0.0420. The first-order valence-corrected chi connectivity index (χ1v) is 8.89. The van der Waals surface area contributed by atoms with Crippen LogP contribution in [-0.4, -0.2) is 45.5 Å². The monoisotopic (exact) mass is 473 g/mol. The van der Waals surface area contributed by atoms with Crippen molar-refractivity contribution in [3.8, 4) is 0 Å². The van der Waals surface area contributed by atoms with E-state index in [-0.39, 0.29) is 30.1 Å². The standard InChI is InChI=1S/C19H27N3O3.HI/c1-14-16-6-3-4-7-17(16)25-18(14)12-22-19(20-2)21-9-5-10-24-15-8-11-23-13-15;/h3-4,6-7,15H,5,8-13H2,1-2H3,(H2,20,21,22);1H. The predicted molar refractivity (Wildman–Crippen MR) is 114 cm³/mol. The first-order valence-electron chi connectivity index (χ1n) is 8.89. The summed E-state index contributed by atoms with van der Waals surface area (Å²) in [7, 11) is 1.77. The van der Waals surface area contributed by atoms with Gasteiger partial charge in [0.15, 0.2) is 5.96 Å². The Balaban J connectivity index is 0.00000243. The number of nitrogens with one attached hydrogen (secondary N) is 2. The summed E-state index contributed by atoms with van der Waals surface area (Å²) in [6, 6.07) is 8.10. The molecule has 6 nitrogen and oxygen atoms in total. The Labute approximate surface area is 171 Å². The van der Waals surface area contributed by atoms with Gasteiger partial charge in [0.25, 0.3) is 0 Å². The van der Waals surface area contributed by atoms with Gasteiger partial charge in [-0.15, -0.1) is 24.0 Å². The van der Waals surface area contributed by atoms with Gasteiger partial charge in [0.05, 0.1) is 19.3 Å². The number of halogens is 1. The van der Waals surface area contributed by atoms with Crippen molar-refractivity contribution in [3.63, 3.8) is 0 Å². The molecule has 3 rings (SSSR count). The van der Waals surface area contributed by atoms with E-state index in [9.17, 15) is 0 Å². The first-order chi connectivity index (χ1) is 12.3. The molecular weight excluding hydrogens is 445 g/mol. The van der Waals surface area contributed by atoms with Crippen molar-refractivity contribution in [2.75, 3.05) is 33.4 Å². The van der Waals surface area contributed by atoms with Crippen LogP contribution < -0.4 is 10.6 Å². The van der Waals surface area contributed by atoms with Gasteiger partial charge in [-0.05, 0) is 25.8 Å². The summed E-state index contributed by atoms with van der Waals surface area (Å²) in [6.45, 7) is 5.79. The molecule has 0 bridgehead atoms. The lowest BCUT2D eigenvalue weighted by Crippen LogP contribution is -2.37. The Kier molecular flexibility index (Phi) is 8.67. The third kappa shape index (κ3) is 5.59. The van der Waals surface area contributed by atoms with E-state index in [4.69, 9.17) is 13.9 Å². The number of benzene rings is 1. The highest BCUT2D eigenvalue weighted by Gasteiger charge is 2.15. The molecule has 1 saturated heterocycles. The average molecular weight is 473 g/mol. The maximum absolute atomic E-state index is 5.92. The minimum atomic E-state index is 0. The molecule has 0 spiro atoms. The molecular formula is C19H28IN3O3. The quantitative estimate of drug-likeness (QED) is 0.280. The number of furan rings is 1. The number of aryl methyl sites for hydroxylation is 1. The maximum Gasteiger partial charge on any atom is 0.191 e.